The van der Waals surface area contributed by atoms with Crippen molar-refractivity contribution in [3.05, 3.63) is 69.7 Å². The van der Waals surface area contributed by atoms with Crippen LogP contribution in [-0.2, 0) is 20.7 Å². The van der Waals surface area contributed by atoms with Gasteiger partial charge >= 0.3 is 5.97 Å². The van der Waals surface area contributed by atoms with Gasteiger partial charge < -0.3 is 10.1 Å². The summed E-state index contributed by atoms with van der Waals surface area (Å²) in [6.45, 7) is 1.54. The van der Waals surface area contributed by atoms with Crippen LogP contribution in [0.25, 0.3) is 0 Å². The van der Waals surface area contributed by atoms with Crippen LogP contribution < -0.4 is 5.32 Å². The molecule has 0 bridgehead atoms. The monoisotopic (exact) mass is 365 g/mol. The van der Waals surface area contributed by atoms with E-state index in [1.54, 1.807) is 18.2 Å². The molecule has 126 valence electrons. The molecule has 0 heterocycles. The van der Waals surface area contributed by atoms with Crippen molar-refractivity contribution in [1.82, 2.24) is 5.32 Å². The summed E-state index contributed by atoms with van der Waals surface area (Å²) in [5, 5.41) is 3.57. The number of halogens is 2. The molecule has 2 aromatic rings. The maximum absolute atomic E-state index is 11.9. The molecule has 6 heteroatoms. The van der Waals surface area contributed by atoms with E-state index in [9.17, 15) is 9.59 Å². The number of esters is 1. The fourth-order valence-electron chi connectivity index (χ4n) is 2.12. The molecule has 0 fully saturated rings. The summed E-state index contributed by atoms with van der Waals surface area (Å²) in [6.07, 6.45) is 0.0262. The smallest absolute Gasteiger partial charge is 0.310 e. The van der Waals surface area contributed by atoms with Crippen LogP contribution in [0.1, 0.15) is 24.1 Å². The van der Waals surface area contributed by atoms with Gasteiger partial charge in [0, 0.05) is 0 Å². The van der Waals surface area contributed by atoms with E-state index in [0.717, 1.165) is 5.56 Å². The van der Waals surface area contributed by atoms with Crippen LogP contribution in [0.4, 0.5) is 0 Å². The summed E-state index contributed by atoms with van der Waals surface area (Å²) < 4.78 is 4.99. The molecule has 0 radical (unpaired) electrons. The molecule has 0 aromatic heterocycles. The van der Waals surface area contributed by atoms with Crippen LogP contribution in [-0.4, -0.2) is 18.5 Å². The molecule has 0 saturated carbocycles. The van der Waals surface area contributed by atoms with E-state index in [2.05, 4.69) is 5.32 Å². The molecule has 0 unspecified atom stereocenters. The zero-order valence-electron chi connectivity index (χ0n) is 13.1. The highest BCUT2D eigenvalue weighted by Crippen LogP contribution is 2.22. The number of nitrogens with one attached hydrogen (secondary N) is 1. The number of carbonyl (C=O) groups is 2. The van der Waals surface area contributed by atoms with Gasteiger partial charge in [0.1, 0.15) is 0 Å². The van der Waals surface area contributed by atoms with Gasteiger partial charge in [0.05, 0.1) is 22.5 Å². The molecule has 2 aromatic carbocycles. The van der Waals surface area contributed by atoms with Crippen molar-refractivity contribution in [2.45, 2.75) is 19.4 Å². The number of ether oxygens (including phenoxy) is 1. The van der Waals surface area contributed by atoms with Gasteiger partial charge in [0.15, 0.2) is 6.61 Å². The molecule has 0 aliphatic rings. The van der Waals surface area contributed by atoms with Crippen molar-refractivity contribution >= 4 is 35.1 Å². The van der Waals surface area contributed by atoms with Crippen molar-refractivity contribution in [1.29, 1.82) is 0 Å². The third kappa shape index (κ3) is 5.55. The Kier molecular flexibility index (Phi) is 6.64. The molecular weight excluding hydrogens is 349 g/mol. The SMILES string of the molecule is C[C@H](NC(=O)COC(=O)Cc1ccc(Cl)c(Cl)c1)c1ccccc1. The standard InChI is InChI=1S/C18H17Cl2NO3/c1-12(14-5-3-2-4-6-14)21-17(22)11-24-18(23)10-13-7-8-15(19)16(20)9-13/h2-9,12H,10-11H2,1H3,(H,21,22)/t12-/m0/s1. The van der Waals surface area contributed by atoms with E-state index < -0.39 is 5.97 Å². The van der Waals surface area contributed by atoms with Gasteiger partial charge in [-0.05, 0) is 30.2 Å². The summed E-state index contributed by atoms with van der Waals surface area (Å²) in [4.78, 5) is 23.6. The van der Waals surface area contributed by atoms with Gasteiger partial charge in [-0.25, -0.2) is 0 Å². The third-order valence-electron chi connectivity index (χ3n) is 3.37. The predicted octanol–water partition coefficient (Wildman–Crippen LogP) is 3.96. The molecule has 0 aliphatic carbocycles. The topological polar surface area (TPSA) is 55.4 Å². The Bertz CT molecular complexity index is 719. The van der Waals surface area contributed by atoms with Gasteiger partial charge in [-0.15, -0.1) is 0 Å². The first kappa shape index (κ1) is 18.3. The van der Waals surface area contributed by atoms with Gasteiger partial charge in [-0.3, -0.25) is 9.59 Å². The van der Waals surface area contributed by atoms with Crippen LogP contribution in [0.15, 0.2) is 48.5 Å². The minimum Gasteiger partial charge on any atom is -0.455 e. The predicted molar refractivity (Wildman–Crippen MR) is 94.1 cm³/mol. The van der Waals surface area contributed by atoms with Crippen molar-refractivity contribution in [2.24, 2.45) is 0 Å². The first-order chi connectivity index (χ1) is 11.5. The molecule has 24 heavy (non-hydrogen) atoms. The van der Waals surface area contributed by atoms with Gasteiger partial charge in [0.2, 0.25) is 0 Å². The maximum atomic E-state index is 11.9. The van der Waals surface area contributed by atoms with Crippen LogP contribution in [0.3, 0.4) is 0 Å². The lowest BCUT2D eigenvalue weighted by molar-refractivity contribution is -0.148. The van der Waals surface area contributed by atoms with Crippen molar-refractivity contribution in [3.63, 3.8) is 0 Å². The second-order valence-electron chi connectivity index (χ2n) is 5.29. The number of hydrogen-bond acceptors (Lipinski definition) is 3. The molecule has 2 rings (SSSR count). The number of carbonyl (C=O) groups excluding carboxylic acids is 2. The molecular formula is C18H17Cl2NO3. The summed E-state index contributed by atoms with van der Waals surface area (Å²) in [6, 6.07) is 14.3. The molecule has 1 atom stereocenters. The van der Waals surface area contributed by atoms with E-state index in [0.29, 0.717) is 15.6 Å². The fourth-order valence-corrected chi connectivity index (χ4v) is 2.44. The van der Waals surface area contributed by atoms with Crippen LogP contribution >= 0.6 is 23.2 Å². The average Bonchev–Trinajstić information content (AvgIpc) is 2.57. The van der Waals surface area contributed by atoms with Crippen molar-refractivity contribution in [2.75, 3.05) is 6.61 Å². The zero-order valence-corrected chi connectivity index (χ0v) is 14.6. The van der Waals surface area contributed by atoms with Gasteiger partial charge in [-0.2, -0.15) is 0 Å². The molecule has 1 N–H and O–H groups in total. The second-order valence-corrected chi connectivity index (χ2v) is 6.10. The highest BCUT2D eigenvalue weighted by Gasteiger charge is 2.12. The van der Waals surface area contributed by atoms with Crippen LogP contribution in [0.2, 0.25) is 10.0 Å². The fraction of sp³-hybridized carbons (Fsp3) is 0.222. The van der Waals surface area contributed by atoms with Crippen molar-refractivity contribution < 1.29 is 14.3 Å². The van der Waals surface area contributed by atoms with Crippen LogP contribution in [0, 0.1) is 0 Å². The molecule has 0 spiro atoms. The molecule has 0 saturated heterocycles. The Morgan fingerprint density at radius 3 is 2.46 bits per heavy atom. The number of benzene rings is 2. The minimum absolute atomic E-state index is 0.0262. The lowest BCUT2D eigenvalue weighted by Gasteiger charge is -2.14. The first-order valence-electron chi connectivity index (χ1n) is 7.39. The molecule has 1 amide bonds. The number of amides is 1. The quantitative estimate of drug-likeness (QED) is 0.788. The Labute approximate surface area is 150 Å². The molecule has 4 nitrogen and oxygen atoms in total. The van der Waals surface area contributed by atoms with Gasteiger partial charge in [-0.1, -0.05) is 59.6 Å². The summed E-state index contributed by atoms with van der Waals surface area (Å²) in [7, 11) is 0. The Morgan fingerprint density at radius 2 is 1.79 bits per heavy atom. The number of hydrogen-bond donors (Lipinski definition) is 1. The average molecular weight is 366 g/mol. The first-order valence-corrected chi connectivity index (χ1v) is 8.15. The minimum atomic E-state index is -0.504. The second kappa shape index (κ2) is 8.71. The maximum Gasteiger partial charge on any atom is 0.310 e. The largest absolute Gasteiger partial charge is 0.455 e. The Hall–Kier alpha value is -2.04. The Balaban J connectivity index is 1.78. The summed E-state index contributed by atoms with van der Waals surface area (Å²) in [5.74, 6) is -0.857. The lowest BCUT2D eigenvalue weighted by Crippen LogP contribution is -2.31. The summed E-state index contributed by atoms with van der Waals surface area (Å²) in [5.41, 5.74) is 1.65. The Morgan fingerprint density at radius 1 is 1.08 bits per heavy atom. The molecule has 0 aliphatic heterocycles. The van der Waals surface area contributed by atoms with E-state index in [1.807, 2.05) is 37.3 Å². The van der Waals surface area contributed by atoms with E-state index in [-0.39, 0.29) is 25.0 Å². The van der Waals surface area contributed by atoms with Crippen LogP contribution in [0.5, 0.6) is 0 Å². The van der Waals surface area contributed by atoms with E-state index in [1.165, 1.54) is 0 Å². The highest BCUT2D eigenvalue weighted by molar-refractivity contribution is 6.42. The third-order valence-corrected chi connectivity index (χ3v) is 4.11. The zero-order chi connectivity index (χ0) is 17.5. The number of rotatable bonds is 6. The van der Waals surface area contributed by atoms with E-state index >= 15 is 0 Å². The normalized spacial score (nSPS) is 11.6. The van der Waals surface area contributed by atoms with Gasteiger partial charge in [0.25, 0.3) is 5.91 Å². The summed E-state index contributed by atoms with van der Waals surface area (Å²) >= 11 is 11.7. The lowest BCUT2D eigenvalue weighted by atomic mass is 10.1. The van der Waals surface area contributed by atoms with Crippen molar-refractivity contribution in [3.8, 4) is 0 Å². The highest BCUT2D eigenvalue weighted by atomic mass is 35.5. The van der Waals surface area contributed by atoms with E-state index in [4.69, 9.17) is 27.9 Å².